The van der Waals surface area contributed by atoms with Crippen LogP contribution in [0.1, 0.15) is 11.4 Å². The molecule has 142 valence electrons. The molecule has 1 aromatic heterocycles. The van der Waals surface area contributed by atoms with Gasteiger partial charge in [0.1, 0.15) is 0 Å². The Labute approximate surface area is 158 Å². The normalized spacial score (nSPS) is 12.4. The summed E-state index contributed by atoms with van der Waals surface area (Å²) in [6.07, 6.45) is -4.68. The van der Waals surface area contributed by atoms with Gasteiger partial charge in [-0.15, -0.1) is 0 Å². The van der Waals surface area contributed by atoms with Gasteiger partial charge in [-0.1, -0.05) is 35.9 Å². The molecule has 3 aromatic rings. The zero-order valence-electron chi connectivity index (χ0n) is 13.8. The van der Waals surface area contributed by atoms with Crippen LogP contribution in [0.25, 0.3) is 22.5 Å². The number of primary sulfonamides is 1. The third-order valence-electron chi connectivity index (χ3n) is 3.89. The monoisotopic (exact) mass is 415 g/mol. The maximum atomic E-state index is 13.2. The topological polar surface area (TPSA) is 88.8 Å². The second-order valence-electron chi connectivity index (χ2n) is 5.84. The van der Waals surface area contributed by atoms with Crippen LogP contribution in [-0.4, -0.2) is 18.4 Å². The van der Waals surface area contributed by atoms with Crippen molar-refractivity contribution in [3.05, 3.63) is 58.9 Å². The number of nitrogens with one attached hydrogen (secondary N) is 1. The molecule has 0 aliphatic rings. The van der Waals surface area contributed by atoms with Crippen molar-refractivity contribution in [1.82, 2.24) is 9.97 Å². The van der Waals surface area contributed by atoms with Crippen LogP contribution in [0.2, 0.25) is 5.02 Å². The molecule has 5 nitrogen and oxygen atoms in total. The van der Waals surface area contributed by atoms with E-state index in [9.17, 15) is 21.6 Å². The lowest BCUT2D eigenvalue weighted by Gasteiger charge is -2.06. The average Bonchev–Trinajstić information content (AvgIpc) is 3.02. The number of imidazole rings is 1. The molecule has 1 heterocycles. The van der Waals surface area contributed by atoms with Crippen LogP contribution in [0.4, 0.5) is 13.2 Å². The van der Waals surface area contributed by atoms with E-state index in [4.69, 9.17) is 16.7 Å². The van der Waals surface area contributed by atoms with Crippen molar-refractivity contribution in [1.29, 1.82) is 0 Å². The van der Waals surface area contributed by atoms with E-state index in [0.717, 1.165) is 5.56 Å². The summed E-state index contributed by atoms with van der Waals surface area (Å²) < 4.78 is 62.2. The zero-order chi connectivity index (χ0) is 20.0. The van der Waals surface area contributed by atoms with E-state index in [-0.39, 0.29) is 16.3 Å². The van der Waals surface area contributed by atoms with Crippen LogP contribution in [0.15, 0.2) is 47.4 Å². The predicted octanol–water partition coefficient (Wildman–Crippen LogP) is 4.37. The number of aryl methyl sites for hydroxylation is 1. The van der Waals surface area contributed by atoms with Crippen molar-refractivity contribution in [2.45, 2.75) is 18.0 Å². The van der Waals surface area contributed by atoms with Gasteiger partial charge in [-0.05, 0) is 30.7 Å². The first-order valence-corrected chi connectivity index (χ1v) is 9.46. The molecule has 0 radical (unpaired) electrons. The van der Waals surface area contributed by atoms with Gasteiger partial charge in [-0.25, -0.2) is 18.5 Å². The number of nitrogens with two attached hydrogens (primary N) is 1. The Morgan fingerprint density at radius 3 is 2.19 bits per heavy atom. The van der Waals surface area contributed by atoms with Crippen molar-refractivity contribution in [3.63, 3.8) is 0 Å². The van der Waals surface area contributed by atoms with E-state index in [1.807, 2.05) is 0 Å². The van der Waals surface area contributed by atoms with E-state index in [2.05, 4.69) is 9.97 Å². The Bertz CT molecular complexity index is 1110. The number of hydrogen-bond donors (Lipinski definition) is 2. The molecule has 3 rings (SSSR count). The number of H-pyrrole nitrogens is 1. The summed E-state index contributed by atoms with van der Waals surface area (Å²) in [7, 11) is -3.92. The average molecular weight is 416 g/mol. The van der Waals surface area contributed by atoms with Gasteiger partial charge in [0, 0.05) is 16.1 Å². The van der Waals surface area contributed by atoms with Crippen molar-refractivity contribution in [3.8, 4) is 22.5 Å². The van der Waals surface area contributed by atoms with Gasteiger partial charge in [0.05, 0.1) is 16.3 Å². The summed E-state index contributed by atoms with van der Waals surface area (Å²) in [6.45, 7) is 1.77. The minimum absolute atomic E-state index is 0.0487. The van der Waals surface area contributed by atoms with E-state index in [0.29, 0.717) is 16.1 Å². The number of sulfonamides is 1. The van der Waals surface area contributed by atoms with E-state index in [1.165, 1.54) is 30.3 Å². The van der Waals surface area contributed by atoms with Gasteiger partial charge in [0.25, 0.3) is 0 Å². The fourth-order valence-corrected chi connectivity index (χ4v) is 3.17. The lowest BCUT2D eigenvalue weighted by atomic mass is 10.0. The van der Waals surface area contributed by atoms with Crippen molar-refractivity contribution >= 4 is 21.6 Å². The summed E-state index contributed by atoms with van der Waals surface area (Å²) in [5.41, 5.74) is 1.61. The zero-order valence-corrected chi connectivity index (χ0v) is 15.4. The van der Waals surface area contributed by atoms with E-state index < -0.39 is 22.0 Å². The first-order chi connectivity index (χ1) is 12.5. The second kappa shape index (κ2) is 6.66. The van der Waals surface area contributed by atoms with E-state index in [1.54, 1.807) is 19.1 Å². The number of hydrogen-bond acceptors (Lipinski definition) is 3. The number of aromatic amines is 1. The summed E-state index contributed by atoms with van der Waals surface area (Å²) in [6, 6.07) is 9.94. The molecule has 3 N–H and O–H groups in total. The van der Waals surface area contributed by atoms with Gasteiger partial charge >= 0.3 is 6.18 Å². The largest absolute Gasteiger partial charge is 0.449 e. The smallest absolute Gasteiger partial charge is 0.334 e. The summed E-state index contributed by atoms with van der Waals surface area (Å²) in [5.74, 6) is -1.17. The molecule has 0 bridgehead atoms. The molecule has 2 aromatic carbocycles. The SMILES string of the molecule is Cc1ccc(-c2nc(C(F)(F)F)[nH]c2-c2ccc(S(N)(=O)=O)cc2)cc1Cl. The summed E-state index contributed by atoms with van der Waals surface area (Å²) in [5, 5.41) is 5.44. The Hall–Kier alpha value is -2.36. The highest BCUT2D eigenvalue weighted by Crippen LogP contribution is 2.36. The molecular formula is C17H13ClF3N3O2S. The van der Waals surface area contributed by atoms with Crippen LogP contribution < -0.4 is 5.14 Å². The molecule has 0 unspecified atom stereocenters. The van der Waals surface area contributed by atoms with Crippen molar-refractivity contribution in [2.75, 3.05) is 0 Å². The Morgan fingerprint density at radius 1 is 1.07 bits per heavy atom. The summed E-state index contributed by atoms with van der Waals surface area (Å²) in [4.78, 5) is 5.81. The number of benzene rings is 2. The second-order valence-corrected chi connectivity index (χ2v) is 7.81. The lowest BCUT2D eigenvalue weighted by Crippen LogP contribution is -2.11. The molecule has 0 spiro atoms. The predicted molar refractivity (Wildman–Crippen MR) is 95.6 cm³/mol. The van der Waals surface area contributed by atoms with Gasteiger partial charge in [-0.3, -0.25) is 0 Å². The quantitative estimate of drug-likeness (QED) is 0.665. The molecular weight excluding hydrogens is 403 g/mol. The minimum Gasteiger partial charge on any atom is -0.334 e. The van der Waals surface area contributed by atoms with Crippen LogP contribution in [-0.2, 0) is 16.2 Å². The Morgan fingerprint density at radius 2 is 1.67 bits per heavy atom. The molecule has 27 heavy (non-hydrogen) atoms. The Kier molecular flexibility index (Phi) is 4.79. The van der Waals surface area contributed by atoms with Gasteiger partial charge < -0.3 is 4.98 Å². The third kappa shape index (κ3) is 4.00. The molecule has 0 amide bonds. The number of halogens is 4. The highest BCUT2D eigenvalue weighted by Gasteiger charge is 2.36. The van der Waals surface area contributed by atoms with Gasteiger partial charge in [-0.2, -0.15) is 13.2 Å². The fraction of sp³-hybridized carbons (Fsp3) is 0.118. The van der Waals surface area contributed by atoms with Crippen LogP contribution in [0.3, 0.4) is 0 Å². The highest BCUT2D eigenvalue weighted by molar-refractivity contribution is 7.89. The van der Waals surface area contributed by atoms with E-state index >= 15 is 0 Å². The van der Waals surface area contributed by atoms with Crippen LogP contribution >= 0.6 is 11.6 Å². The van der Waals surface area contributed by atoms with Crippen LogP contribution in [0.5, 0.6) is 0 Å². The third-order valence-corrected chi connectivity index (χ3v) is 5.23. The van der Waals surface area contributed by atoms with Crippen LogP contribution in [0, 0.1) is 6.92 Å². The number of aromatic nitrogens is 2. The molecule has 0 atom stereocenters. The molecule has 10 heteroatoms. The van der Waals surface area contributed by atoms with Gasteiger partial charge in [0.15, 0.2) is 0 Å². The standard InChI is InChI=1S/C17H13ClF3N3O2S/c1-9-2-3-11(8-13(9)18)15-14(23-16(24-15)17(19,20)21)10-4-6-12(7-5-10)27(22,25)26/h2-8H,1H3,(H,23,24)(H2,22,25,26). The highest BCUT2D eigenvalue weighted by atomic mass is 35.5. The minimum atomic E-state index is -4.68. The van der Waals surface area contributed by atoms with Crippen molar-refractivity contribution in [2.24, 2.45) is 5.14 Å². The fourth-order valence-electron chi connectivity index (χ4n) is 2.48. The number of rotatable bonds is 3. The number of nitrogens with zero attached hydrogens (tertiary/aromatic N) is 1. The Balaban J connectivity index is 2.19. The summed E-state index contributed by atoms with van der Waals surface area (Å²) >= 11 is 6.09. The molecule has 0 fully saturated rings. The molecule has 0 saturated carbocycles. The van der Waals surface area contributed by atoms with Crippen molar-refractivity contribution < 1.29 is 21.6 Å². The number of alkyl halides is 3. The first-order valence-electron chi connectivity index (χ1n) is 7.54. The maximum Gasteiger partial charge on any atom is 0.449 e. The molecule has 0 aliphatic carbocycles. The first kappa shape index (κ1) is 19.4. The lowest BCUT2D eigenvalue weighted by molar-refractivity contribution is -0.144. The molecule has 0 saturated heterocycles. The maximum absolute atomic E-state index is 13.2. The molecule has 0 aliphatic heterocycles. The van der Waals surface area contributed by atoms with Gasteiger partial charge in [0.2, 0.25) is 15.8 Å².